The van der Waals surface area contributed by atoms with Gasteiger partial charge >= 0.3 is 0 Å². The average molecular weight is 218 g/mol. The Bertz CT molecular complexity index is 308. The van der Waals surface area contributed by atoms with Gasteiger partial charge in [0.25, 0.3) is 0 Å². The summed E-state index contributed by atoms with van der Waals surface area (Å²) in [6.07, 6.45) is 0.826. The molecule has 0 spiro atoms. The van der Waals surface area contributed by atoms with E-state index in [0.717, 1.165) is 12.0 Å². The third-order valence-electron chi connectivity index (χ3n) is 2.28. The Morgan fingerprint density at radius 3 is 2.54 bits per heavy atom. The van der Waals surface area contributed by atoms with Crippen LogP contribution >= 0.6 is 23.2 Å². The third kappa shape index (κ3) is 2.37. The molecule has 0 fully saturated rings. The molecule has 1 nitrogen and oxygen atoms in total. The quantitative estimate of drug-likeness (QED) is 0.806. The number of rotatable bonds is 2. The van der Waals surface area contributed by atoms with Crippen LogP contribution < -0.4 is 5.73 Å². The van der Waals surface area contributed by atoms with Crippen molar-refractivity contribution in [3.8, 4) is 0 Å². The van der Waals surface area contributed by atoms with Crippen LogP contribution in [0.2, 0.25) is 10.0 Å². The molecule has 0 amide bonds. The van der Waals surface area contributed by atoms with Gasteiger partial charge in [-0.3, -0.25) is 0 Å². The molecule has 2 N–H and O–H groups in total. The van der Waals surface area contributed by atoms with Crippen LogP contribution in [0.5, 0.6) is 0 Å². The van der Waals surface area contributed by atoms with Crippen LogP contribution in [0.4, 0.5) is 0 Å². The van der Waals surface area contributed by atoms with Crippen molar-refractivity contribution < 1.29 is 0 Å². The summed E-state index contributed by atoms with van der Waals surface area (Å²) in [5.41, 5.74) is 6.57. The van der Waals surface area contributed by atoms with Gasteiger partial charge in [0.2, 0.25) is 0 Å². The van der Waals surface area contributed by atoms with Crippen molar-refractivity contribution in [2.75, 3.05) is 0 Å². The lowest BCUT2D eigenvalue weighted by molar-refractivity contribution is 0.477. The summed E-state index contributed by atoms with van der Waals surface area (Å²) in [5.74, 6) is 0. The molecular weight excluding hydrogens is 205 g/mol. The molecule has 0 bridgehead atoms. The SMILES string of the molecule is CCC(C)(N)c1cc(Cl)ccc1Cl. The van der Waals surface area contributed by atoms with E-state index in [1.807, 2.05) is 19.9 Å². The van der Waals surface area contributed by atoms with Gasteiger partial charge < -0.3 is 5.73 Å². The molecule has 72 valence electrons. The zero-order chi connectivity index (χ0) is 10.1. The van der Waals surface area contributed by atoms with E-state index in [2.05, 4.69) is 0 Å². The first-order valence-corrected chi connectivity index (χ1v) is 4.97. The maximum Gasteiger partial charge on any atom is 0.0457 e. The first kappa shape index (κ1) is 10.8. The number of nitrogens with two attached hydrogens (primary N) is 1. The summed E-state index contributed by atoms with van der Waals surface area (Å²) < 4.78 is 0. The van der Waals surface area contributed by atoms with Crippen molar-refractivity contribution in [1.82, 2.24) is 0 Å². The third-order valence-corrected chi connectivity index (χ3v) is 2.84. The Labute approximate surface area is 88.8 Å². The molecule has 0 radical (unpaired) electrons. The molecular formula is C10H13Cl2N. The fourth-order valence-electron chi connectivity index (χ4n) is 1.13. The minimum atomic E-state index is -0.401. The van der Waals surface area contributed by atoms with E-state index >= 15 is 0 Å². The van der Waals surface area contributed by atoms with E-state index in [9.17, 15) is 0 Å². The second-order valence-corrected chi connectivity index (χ2v) is 4.24. The minimum Gasteiger partial charge on any atom is -0.322 e. The molecule has 1 unspecified atom stereocenters. The monoisotopic (exact) mass is 217 g/mol. The first-order valence-electron chi connectivity index (χ1n) is 4.22. The Hall–Kier alpha value is -0.240. The van der Waals surface area contributed by atoms with Crippen LogP contribution in [0, 0.1) is 0 Å². The van der Waals surface area contributed by atoms with Crippen molar-refractivity contribution in [2.24, 2.45) is 5.73 Å². The van der Waals surface area contributed by atoms with Gasteiger partial charge in [-0.2, -0.15) is 0 Å². The zero-order valence-electron chi connectivity index (χ0n) is 7.77. The standard InChI is InChI=1S/C10H13Cl2N/c1-3-10(2,13)8-6-7(11)4-5-9(8)12/h4-6H,3,13H2,1-2H3. The smallest absolute Gasteiger partial charge is 0.0457 e. The summed E-state index contributed by atoms with van der Waals surface area (Å²) >= 11 is 11.9. The number of hydrogen-bond donors (Lipinski definition) is 1. The van der Waals surface area contributed by atoms with E-state index in [0.29, 0.717) is 10.0 Å². The van der Waals surface area contributed by atoms with E-state index in [1.54, 1.807) is 12.1 Å². The molecule has 0 heterocycles. The number of halogens is 2. The van der Waals surface area contributed by atoms with Crippen LogP contribution in [-0.4, -0.2) is 0 Å². The van der Waals surface area contributed by atoms with Crippen molar-refractivity contribution >= 4 is 23.2 Å². The fourth-order valence-corrected chi connectivity index (χ4v) is 1.63. The summed E-state index contributed by atoms with van der Waals surface area (Å²) in [5, 5.41) is 1.35. The largest absolute Gasteiger partial charge is 0.322 e. The van der Waals surface area contributed by atoms with E-state index in [4.69, 9.17) is 28.9 Å². The lowest BCUT2D eigenvalue weighted by Gasteiger charge is -2.24. The summed E-state index contributed by atoms with van der Waals surface area (Å²) in [7, 11) is 0. The summed E-state index contributed by atoms with van der Waals surface area (Å²) in [6, 6.07) is 5.37. The zero-order valence-corrected chi connectivity index (χ0v) is 9.28. The average Bonchev–Trinajstić information content (AvgIpc) is 2.09. The Balaban J connectivity index is 3.20. The lowest BCUT2D eigenvalue weighted by Crippen LogP contribution is -2.32. The van der Waals surface area contributed by atoms with Crippen molar-refractivity contribution in [3.63, 3.8) is 0 Å². The predicted molar refractivity (Wildman–Crippen MR) is 58.3 cm³/mol. The van der Waals surface area contributed by atoms with Crippen molar-refractivity contribution in [2.45, 2.75) is 25.8 Å². The van der Waals surface area contributed by atoms with Crippen molar-refractivity contribution in [3.05, 3.63) is 33.8 Å². The minimum absolute atomic E-state index is 0.401. The van der Waals surface area contributed by atoms with Crippen LogP contribution in [0.1, 0.15) is 25.8 Å². The molecule has 0 aliphatic heterocycles. The Morgan fingerprint density at radius 2 is 2.00 bits per heavy atom. The highest BCUT2D eigenvalue weighted by molar-refractivity contribution is 6.33. The highest BCUT2D eigenvalue weighted by Crippen LogP contribution is 2.30. The summed E-state index contributed by atoms with van der Waals surface area (Å²) in [6.45, 7) is 3.97. The maximum atomic E-state index is 6.06. The van der Waals surface area contributed by atoms with Crippen LogP contribution in [-0.2, 0) is 5.54 Å². The Kier molecular flexibility index (Phi) is 3.23. The van der Waals surface area contributed by atoms with Crippen molar-refractivity contribution in [1.29, 1.82) is 0 Å². The van der Waals surface area contributed by atoms with Gasteiger partial charge in [-0.1, -0.05) is 30.1 Å². The van der Waals surface area contributed by atoms with Gasteiger partial charge in [0.1, 0.15) is 0 Å². The van der Waals surface area contributed by atoms with Gasteiger partial charge in [0, 0.05) is 15.6 Å². The molecule has 0 aromatic heterocycles. The maximum absolute atomic E-state index is 6.06. The van der Waals surface area contributed by atoms with Gasteiger partial charge in [0.15, 0.2) is 0 Å². The fraction of sp³-hybridized carbons (Fsp3) is 0.400. The second-order valence-electron chi connectivity index (χ2n) is 3.40. The Morgan fingerprint density at radius 1 is 1.38 bits per heavy atom. The van der Waals surface area contributed by atoms with Crippen LogP contribution in [0.3, 0.4) is 0 Å². The topological polar surface area (TPSA) is 26.0 Å². The van der Waals surface area contributed by atoms with Gasteiger partial charge in [-0.05, 0) is 37.1 Å². The predicted octanol–water partition coefficient (Wildman–Crippen LogP) is 3.58. The van der Waals surface area contributed by atoms with E-state index < -0.39 is 5.54 Å². The molecule has 3 heteroatoms. The molecule has 1 rings (SSSR count). The second kappa shape index (κ2) is 3.87. The van der Waals surface area contributed by atoms with Gasteiger partial charge in [0.05, 0.1) is 0 Å². The van der Waals surface area contributed by atoms with E-state index in [1.165, 1.54) is 0 Å². The number of benzene rings is 1. The van der Waals surface area contributed by atoms with Gasteiger partial charge in [-0.25, -0.2) is 0 Å². The van der Waals surface area contributed by atoms with Crippen LogP contribution in [0.25, 0.3) is 0 Å². The van der Waals surface area contributed by atoms with E-state index in [-0.39, 0.29) is 0 Å². The molecule has 13 heavy (non-hydrogen) atoms. The van der Waals surface area contributed by atoms with Gasteiger partial charge in [-0.15, -0.1) is 0 Å². The molecule has 1 aromatic rings. The molecule has 0 aliphatic rings. The summed E-state index contributed by atoms with van der Waals surface area (Å²) in [4.78, 5) is 0. The molecule has 0 saturated heterocycles. The molecule has 0 saturated carbocycles. The highest BCUT2D eigenvalue weighted by Gasteiger charge is 2.21. The lowest BCUT2D eigenvalue weighted by atomic mass is 9.91. The molecule has 0 aliphatic carbocycles. The molecule has 1 aromatic carbocycles. The first-order chi connectivity index (χ1) is 5.97. The van der Waals surface area contributed by atoms with Crippen LogP contribution in [0.15, 0.2) is 18.2 Å². The normalized spacial score (nSPS) is 15.5. The highest BCUT2D eigenvalue weighted by atomic mass is 35.5. The molecule has 1 atom stereocenters. The number of hydrogen-bond acceptors (Lipinski definition) is 1.